The van der Waals surface area contributed by atoms with Crippen molar-refractivity contribution in [1.82, 2.24) is 0 Å². The molecule has 5 nitrogen and oxygen atoms in total. The number of halogens is 3. The van der Waals surface area contributed by atoms with Crippen LogP contribution in [0.15, 0.2) is 17.3 Å². The first-order valence-electron chi connectivity index (χ1n) is 6.24. The number of benzene rings is 1. The summed E-state index contributed by atoms with van der Waals surface area (Å²) in [7, 11) is 0. The summed E-state index contributed by atoms with van der Waals surface area (Å²) in [4.78, 5) is 12.5. The number of nitrogens with two attached hydrogens (primary N) is 1. The normalized spacial score (nSPS) is 25.3. The van der Waals surface area contributed by atoms with Gasteiger partial charge in [-0.05, 0) is 30.9 Å². The molecule has 0 unspecified atom stereocenters. The maximum atomic E-state index is 13.1. The first-order chi connectivity index (χ1) is 9.80. The van der Waals surface area contributed by atoms with E-state index >= 15 is 0 Å². The molecular formula is C13H14Cl2FN3O2. The number of amidine groups is 1. The predicted octanol–water partition coefficient (Wildman–Crippen LogP) is 3.23. The Labute approximate surface area is 130 Å². The van der Waals surface area contributed by atoms with Gasteiger partial charge in [0, 0.05) is 0 Å². The van der Waals surface area contributed by atoms with Gasteiger partial charge in [-0.2, -0.15) is 0 Å². The average Bonchev–Trinajstić information content (AvgIpc) is 2.37. The molecule has 2 rings (SSSR count). The van der Waals surface area contributed by atoms with Gasteiger partial charge in [-0.3, -0.25) is 4.79 Å². The fraction of sp³-hybridized carbons (Fsp3) is 0.385. The van der Waals surface area contributed by atoms with Gasteiger partial charge >= 0.3 is 0 Å². The third kappa shape index (κ3) is 2.78. The SMILES string of the molecule is CC1CC(C(=O)Nc2c(Cl)cc(F)cc2Cl)(C(N)=NO)C1. The van der Waals surface area contributed by atoms with Crippen molar-refractivity contribution in [3.8, 4) is 0 Å². The van der Waals surface area contributed by atoms with Crippen LogP contribution < -0.4 is 11.1 Å². The van der Waals surface area contributed by atoms with Crippen LogP contribution in [-0.4, -0.2) is 17.0 Å². The summed E-state index contributed by atoms with van der Waals surface area (Å²) in [5.74, 6) is -0.972. The van der Waals surface area contributed by atoms with Gasteiger partial charge in [0.15, 0.2) is 5.84 Å². The molecule has 1 aromatic rings. The second-order valence-electron chi connectivity index (χ2n) is 5.28. The summed E-state index contributed by atoms with van der Waals surface area (Å²) in [6, 6.07) is 2.09. The maximum Gasteiger partial charge on any atom is 0.238 e. The van der Waals surface area contributed by atoms with Crippen LogP contribution >= 0.6 is 23.2 Å². The number of carbonyl (C=O) groups is 1. The zero-order valence-electron chi connectivity index (χ0n) is 11.2. The maximum absolute atomic E-state index is 13.1. The van der Waals surface area contributed by atoms with Gasteiger partial charge in [-0.15, -0.1) is 0 Å². The predicted molar refractivity (Wildman–Crippen MR) is 79.3 cm³/mol. The Morgan fingerprint density at radius 1 is 1.48 bits per heavy atom. The number of hydrogen-bond acceptors (Lipinski definition) is 3. The lowest BCUT2D eigenvalue weighted by Crippen LogP contribution is -2.54. The fourth-order valence-electron chi connectivity index (χ4n) is 2.63. The lowest BCUT2D eigenvalue weighted by molar-refractivity contribution is -0.127. The highest BCUT2D eigenvalue weighted by molar-refractivity contribution is 6.40. The summed E-state index contributed by atoms with van der Waals surface area (Å²) >= 11 is 11.8. The molecule has 0 heterocycles. The Kier molecular flexibility index (Phi) is 4.30. The minimum atomic E-state index is -1.09. The number of hydrogen-bond donors (Lipinski definition) is 3. The fourth-order valence-corrected chi connectivity index (χ4v) is 3.19. The molecule has 0 aliphatic heterocycles. The molecule has 8 heteroatoms. The minimum absolute atomic E-state index is 0.0182. The number of oxime groups is 1. The van der Waals surface area contributed by atoms with Gasteiger partial charge in [-0.1, -0.05) is 35.3 Å². The molecule has 0 bridgehead atoms. The number of carbonyl (C=O) groups excluding carboxylic acids is 1. The van der Waals surface area contributed by atoms with Gasteiger partial charge in [0.2, 0.25) is 5.91 Å². The Balaban J connectivity index is 2.29. The van der Waals surface area contributed by atoms with Crippen LogP contribution in [0.2, 0.25) is 10.0 Å². The molecule has 0 spiro atoms. The van der Waals surface area contributed by atoms with E-state index in [0.717, 1.165) is 12.1 Å². The van der Waals surface area contributed by atoms with Gasteiger partial charge in [0.25, 0.3) is 0 Å². The second kappa shape index (κ2) is 5.69. The third-order valence-electron chi connectivity index (χ3n) is 3.67. The Morgan fingerprint density at radius 2 is 2.00 bits per heavy atom. The molecule has 0 aromatic heterocycles. The topological polar surface area (TPSA) is 87.7 Å². The van der Waals surface area contributed by atoms with E-state index in [0.29, 0.717) is 12.8 Å². The molecular weight excluding hydrogens is 320 g/mol. The third-order valence-corrected chi connectivity index (χ3v) is 4.27. The Morgan fingerprint density at radius 3 is 2.43 bits per heavy atom. The van der Waals surface area contributed by atoms with E-state index < -0.39 is 17.1 Å². The molecule has 1 fully saturated rings. The van der Waals surface area contributed by atoms with E-state index in [1.54, 1.807) is 0 Å². The van der Waals surface area contributed by atoms with Crippen molar-refractivity contribution in [2.45, 2.75) is 19.8 Å². The van der Waals surface area contributed by atoms with Crippen LogP contribution in [0.5, 0.6) is 0 Å². The van der Waals surface area contributed by atoms with Crippen molar-refractivity contribution >= 4 is 40.6 Å². The number of amides is 1. The van der Waals surface area contributed by atoms with Crippen molar-refractivity contribution in [2.75, 3.05) is 5.32 Å². The largest absolute Gasteiger partial charge is 0.409 e. The molecule has 1 aliphatic carbocycles. The van der Waals surface area contributed by atoms with Crippen molar-refractivity contribution in [3.63, 3.8) is 0 Å². The van der Waals surface area contributed by atoms with Crippen molar-refractivity contribution in [3.05, 3.63) is 28.0 Å². The average molecular weight is 334 g/mol. The minimum Gasteiger partial charge on any atom is -0.409 e. The van der Waals surface area contributed by atoms with Crippen LogP contribution in [0.25, 0.3) is 0 Å². The molecule has 114 valence electrons. The highest BCUT2D eigenvalue weighted by atomic mass is 35.5. The van der Waals surface area contributed by atoms with Crippen molar-refractivity contribution in [1.29, 1.82) is 0 Å². The lowest BCUT2D eigenvalue weighted by atomic mass is 9.61. The van der Waals surface area contributed by atoms with Crippen LogP contribution in [0.4, 0.5) is 10.1 Å². The summed E-state index contributed by atoms with van der Waals surface area (Å²) in [6.45, 7) is 1.95. The van der Waals surface area contributed by atoms with Crippen LogP contribution in [0.1, 0.15) is 19.8 Å². The van der Waals surface area contributed by atoms with E-state index in [4.69, 9.17) is 34.1 Å². The molecule has 0 radical (unpaired) electrons. The van der Waals surface area contributed by atoms with E-state index in [1.165, 1.54) is 0 Å². The zero-order chi connectivity index (χ0) is 15.8. The molecule has 4 N–H and O–H groups in total. The Hall–Kier alpha value is -1.53. The van der Waals surface area contributed by atoms with Gasteiger partial charge in [0.05, 0.1) is 15.7 Å². The number of rotatable bonds is 3. The van der Waals surface area contributed by atoms with Gasteiger partial charge < -0.3 is 16.3 Å². The molecule has 21 heavy (non-hydrogen) atoms. The smallest absolute Gasteiger partial charge is 0.238 e. The highest BCUT2D eigenvalue weighted by Gasteiger charge is 2.52. The number of anilines is 1. The molecule has 0 saturated heterocycles. The van der Waals surface area contributed by atoms with E-state index in [-0.39, 0.29) is 27.5 Å². The first-order valence-corrected chi connectivity index (χ1v) is 6.99. The van der Waals surface area contributed by atoms with Crippen molar-refractivity contribution < 1.29 is 14.4 Å². The molecule has 1 saturated carbocycles. The zero-order valence-corrected chi connectivity index (χ0v) is 12.7. The van der Waals surface area contributed by atoms with Crippen LogP contribution in [0, 0.1) is 17.2 Å². The van der Waals surface area contributed by atoms with E-state index in [9.17, 15) is 9.18 Å². The molecule has 1 aliphatic rings. The summed E-state index contributed by atoms with van der Waals surface area (Å²) in [5.41, 5.74) is 4.66. The monoisotopic (exact) mass is 333 g/mol. The highest BCUT2D eigenvalue weighted by Crippen LogP contribution is 2.47. The van der Waals surface area contributed by atoms with Crippen molar-refractivity contribution in [2.24, 2.45) is 22.2 Å². The van der Waals surface area contributed by atoms with Gasteiger partial charge in [-0.25, -0.2) is 4.39 Å². The standard InChI is InChI=1S/C13H14Cl2FN3O2/c1-6-4-13(5-6,11(17)19-21)12(20)18-10-8(14)2-7(16)3-9(10)15/h2-3,6,21H,4-5H2,1H3,(H2,17,19)(H,18,20). The lowest BCUT2D eigenvalue weighted by Gasteiger charge is -2.43. The molecule has 1 amide bonds. The number of nitrogens with one attached hydrogen (secondary N) is 1. The van der Waals surface area contributed by atoms with Crippen LogP contribution in [-0.2, 0) is 4.79 Å². The summed E-state index contributed by atoms with van der Waals surface area (Å²) in [5, 5.41) is 14.3. The molecule has 0 atom stereocenters. The number of nitrogens with zero attached hydrogens (tertiary/aromatic N) is 1. The summed E-state index contributed by atoms with van der Waals surface area (Å²) in [6.07, 6.45) is 0.899. The summed E-state index contributed by atoms with van der Waals surface area (Å²) < 4.78 is 13.1. The van der Waals surface area contributed by atoms with E-state index in [1.807, 2.05) is 6.92 Å². The van der Waals surface area contributed by atoms with Gasteiger partial charge in [0.1, 0.15) is 11.2 Å². The molecule has 1 aromatic carbocycles. The van der Waals surface area contributed by atoms with Crippen LogP contribution in [0.3, 0.4) is 0 Å². The quantitative estimate of drug-likeness (QED) is 0.343. The Bertz CT molecular complexity index is 592. The second-order valence-corrected chi connectivity index (χ2v) is 6.09. The first kappa shape index (κ1) is 15.9. The van der Waals surface area contributed by atoms with E-state index in [2.05, 4.69) is 10.5 Å².